The molecule has 3 aliphatic rings. The number of carbonyl (C=O) groups excluding carboxylic acids is 2. The van der Waals surface area contributed by atoms with Crippen LogP contribution in [0.2, 0.25) is 0 Å². The number of ether oxygens (including phenoxy) is 1. The number of rotatable bonds is 4. The van der Waals surface area contributed by atoms with Gasteiger partial charge < -0.3 is 29.0 Å². The third-order valence-corrected chi connectivity index (χ3v) is 6.69. The lowest BCUT2D eigenvalue weighted by atomic mass is 9.73. The van der Waals surface area contributed by atoms with E-state index in [0.29, 0.717) is 36.7 Å². The number of carboxylic acid groups (broad SMARTS) is 1. The van der Waals surface area contributed by atoms with Gasteiger partial charge in [0.1, 0.15) is 11.5 Å². The molecule has 172 valence electrons. The fraction of sp³-hybridized carbons (Fsp3) is 0.545. The summed E-state index contributed by atoms with van der Waals surface area (Å²) in [6.45, 7) is 6.94. The molecule has 2 aromatic heterocycles. The van der Waals surface area contributed by atoms with Gasteiger partial charge in [0.05, 0.1) is 29.5 Å². The van der Waals surface area contributed by atoms with Gasteiger partial charge in [0.15, 0.2) is 0 Å². The summed E-state index contributed by atoms with van der Waals surface area (Å²) in [5.41, 5.74) is 1.01. The summed E-state index contributed by atoms with van der Waals surface area (Å²) in [7, 11) is 0. The molecule has 3 fully saturated rings. The Morgan fingerprint density at radius 1 is 1.34 bits per heavy atom. The molecule has 5 heterocycles. The Balaban J connectivity index is 0.000000775. The molecule has 3 saturated heterocycles. The van der Waals surface area contributed by atoms with Crippen molar-refractivity contribution in [1.29, 1.82) is 0 Å². The summed E-state index contributed by atoms with van der Waals surface area (Å²) >= 11 is 0. The van der Waals surface area contributed by atoms with Gasteiger partial charge in [0, 0.05) is 31.0 Å². The molecule has 0 radical (unpaired) electrons. The Morgan fingerprint density at radius 2 is 2.09 bits per heavy atom. The normalized spacial score (nSPS) is 27.6. The van der Waals surface area contributed by atoms with Crippen molar-refractivity contribution in [1.82, 2.24) is 15.4 Å². The number of aryl methyl sites for hydroxylation is 3. The Morgan fingerprint density at radius 3 is 2.72 bits per heavy atom. The number of amides is 2. The highest BCUT2D eigenvalue weighted by atomic mass is 16.5. The maximum absolute atomic E-state index is 13.1. The van der Waals surface area contributed by atoms with E-state index < -0.39 is 0 Å². The molecule has 0 unspecified atom stereocenters. The van der Waals surface area contributed by atoms with Crippen LogP contribution in [0.1, 0.15) is 51.0 Å². The minimum atomic E-state index is -0.286. The van der Waals surface area contributed by atoms with Crippen molar-refractivity contribution in [2.24, 2.45) is 11.8 Å². The predicted molar refractivity (Wildman–Crippen MR) is 110 cm³/mol. The SMILES string of the molecule is Cc1cc(C(=O)NC[C@H]2[C@H]3CN(C(=O)c4cc(C)oc4C)C[C@]34CC[C@H]2O4)on1.O=CO. The molecule has 2 amide bonds. The van der Waals surface area contributed by atoms with E-state index in [4.69, 9.17) is 23.6 Å². The van der Waals surface area contributed by atoms with Gasteiger partial charge in [-0.25, -0.2) is 0 Å². The highest BCUT2D eigenvalue weighted by molar-refractivity contribution is 5.95. The van der Waals surface area contributed by atoms with Crippen molar-refractivity contribution in [3.63, 3.8) is 0 Å². The lowest BCUT2D eigenvalue weighted by Gasteiger charge is -2.29. The molecule has 0 aromatic carbocycles. The van der Waals surface area contributed by atoms with E-state index in [2.05, 4.69) is 10.5 Å². The first-order valence-corrected chi connectivity index (χ1v) is 10.6. The van der Waals surface area contributed by atoms with E-state index >= 15 is 0 Å². The number of carbonyl (C=O) groups is 3. The van der Waals surface area contributed by atoms with Crippen LogP contribution < -0.4 is 5.32 Å². The summed E-state index contributed by atoms with van der Waals surface area (Å²) in [6, 6.07) is 3.43. The van der Waals surface area contributed by atoms with Crippen molar-refractivity contribution >= 4 is 18.3 Å². The molecule has 10 heteroatoms. The molecule has 3 aliphatic heterocycles. The quantitative estimate of drug-likeness (QED) is 0.682. The van der Waals surface area contributed by atoms with Crippen molar-refractivity contribution in [3.05, 3.63) is 40.7 Å². The second-order valence-electron chi connectivity index (χ2n) is 8.69. The third kappa shape index (κ3) is 3.79. The van der Waals surface area contributed by atoms with Crippen molar-refractivity contribution < 1.29 is 33.2 Å². The summed E-state index contributed by atoms with van der Waals surface area (Å²) in [5, 5.41) is 13.6. The minimum absolute atomic E-state index is 0.00454. The molecule has 5 rings (SSSR count). The van der Waals surface area contributed by atoms with E-state index in [-0.39, 0.29) is 47.6 Å². The van der Waals surface area contributed by atoms with Gasteiger partial charge in [-0.05, 0) is 39.7 Å². The molecular weight excluding hydrogens is 418 g/mol. The number of hydrogen-bond donors (Lipinski definition) is 2. The van der Waals surface area contributed by atoms with E-state index in [1.165, 1.54) is 0 Å². The number of furan rings is 1. The summed E-state index contributed by atoms with van der Waals surface area (Å²) in [5.74, 6) is 1.74. The van der Waals surface area contributed by atoms with E-state index in [0.717, 1.165) is 18.6 Å². The van der Waals surface area contributed by atoms with Crippen LogP contribution in [0.25, 0.3) is 0 Å². The van der Waals surface area contributed by atoms with Gasteiger partial charge >= 0.3 is 0 Å². The molecule has 1 spiro atoms. The summed E-state index contributed by atoms with van der Waals surface area (Å²) < 4.78 is 17.0. The van der Waals surface area contributed by atoms with Gasteiger partial charge in [0.25, 0.3) is 18.3 Å². The first kappa shape index (κ1) is 22.1. The van der Waals surface area contributed by atoms with Crippen LogP contribution in [0.3, 0.4) is 0 Å². The van der Waals surface area contributed by atoms with Crippen LogP contribution in [-0.2, 0) is 9.53 Å². The standard InChI is InChI=1S/C21H25N3O5.CH2O2/c1-11-6-18(29-23-11)19(25)22-8-15-16-9-24(10-21(16)5-4-17(15)28-21)20(26)14-7-12(2)27-13(14)3;2-1-3/h6-7,15-17H,4-5,8-10H2,1-3H3,(H,22,25);1H,(H,2,3)/t15-,16+,17+,21+;/m0./s1. The molecule has 2 bridgehead atoms. The lowest BCUT2D eigenvalue weighted by molar-refractivity contribution is -0.122. The number of likely N-dealkylation sites (tertiary alicyclic amines) is 1. The second-order valence-corrected chi connectivity index (χ2v) is 8.69. The molecule has 2 aromatic rings. The lowest BCUT2D eigenvalue weighted by Crippen LogP contribution is -2.41. The molecule has 10 nitrogen and oxygen atoms in total. The summed E-state index contributed by atoms with van der Waals surface area (Å²) in [4.78, 5) is 35.7. The first-order valence-electron chi connectivity index (χ1n) is 10.6. The molecule has 0 aliphatic carbocycles. The van der Waals surface area contributed by atoms with Gasteiger partial charge in [-0.15, -0.1) is 0 Å². The van der Waals surface area contributed by atoms with E-state index in [9.17, 15) is 9.59 Å². The van der Waals surface area contributed by atoms with Gasteiger partial charge in [-0.1, -0.05) is 5.16 Å². The minimum Gasteiger partial charge on any atom is -0.483 e. The zero-order valence-corrected chi connectivity index (χ0v) is 18.3. The van der Waals surface area contributed by atoms with Crippen LogP contribution in [-0.4, -0.2) is 64.8 Å². The van der Waals surface area contributed by atoms with Gasteiger partial charge in [-0.2, -0.15) is 0 Å². The molecule has 32 heavy (non-hydrogen) atoms. The molecular formula is C22H27N3O7. The Labute approximate surface area is 184 Å². The van der Waals surface area contributed by atoms with Crippen molar-refractivity contribution in [3.8, 4) is 0 Å². The highest BCUT2D eigenvalue weighted by Gasteiger charge is 2.63. The van der Waals surface area contributed by atoms with Crippen molar-refractivity contribution in [2.75, 3.05) is 19.6 Å². The van der Waals surface area contributed by atoms with E-state index in [1.54, 1.807) is 19.1 Å². The number of nitrogens with one attached hydrogen (secondary N) is 1. The van der Waals surface area contributed by atoms with Crippen LogP contribution in [0.15, 0.2) is 21.1 Å². The average molecular weight is 445 g/mol. The fourth-order valence-electron chi connectivity index (χ4n) is 5.40. The van der Waals surface area contributed by atoms with Crippen LogP contribution >= 0.6 is 0 Å². The molecule has 2 N–H and O–H groups in total. The third-order valence-electron chi connectivity index (χ3n) is 6.69. The topological polar surface area (TPSA) is 135 Å². The number of nitrogens with zero attached hydrogens (tertiary/aromatic N) is 2. The van der Waals surface area contributed by atoms with Gasteiger partial charge in [0.2, 0.25) is 5.76 Å². The zero-order chi connectivity index (χ0) is 23.0. The van der Waals surface area contributed by atoms with Gasteiger partial charge in [-0.3, -0.25) is 14.4 Å². The van der Waals surface area contributed by atoms with E-state index in [1.807, 2.05) is 18.7 Å². The largest absolute Gasteiger partial charge is 0.483 e. The smallest absolute Gasteiger partial charge is 0.290 e. The fourth-order valence-corrected chi connectivity index (χ4v) is 5.40. The highest BCUT2D eigenvalue weighted by Crippen LogP contribution is 2.54. The Kier molecular flexibility index (Phi) is 5.81. The maximum Gasteiger partial charge on any atom is 0.290 e. The first-order chi connectivity index (χ1) is 15.3. The number of fused-ring (bicyclic) bond motifs is 1. The Bertz CT molecular complexity index is 1030. The Hall–Kier alpha value is -3.14. The predicted octanol–water partition coefficient (Wildman–Crippen LogP) is 1.94. The maximum atomic E-state index is 13.1. The number of aromatic nitrogens is 1. The van der Waals surface area contributed by atoms with Crippen LogP contribution in [0.5, 0.6) is 0 Å². The molecule has 0 saturated carbocycles. The zero-order valence-electron chi connectivity index (χ0n) is 18.3. The van der Waals surface area contributed by atoms with Crippen LogP contribution in [0, 0.1) is 32.6 Å². The molecule has 4 atom stereocenters. The average Bonchev–Trinajstić information content (AvgIpc) is 3.53. The van der Waals surface area contributed by atoms with Crippen LogP contribution in [0.4, 0.5) is 0 Å². The summed E-state index contributed by atoms with van der Waals surface area (Å²) in [6.07, 6.45) is 2.05. The monoisotopic (exact) mass is 445 g/mol. The van der Waals surface area contributed by atoms with Crippen molar-refractivity contribution in [2.45, 2.75) is 45.3 Å². The number of hydrogen-bond acceptors (Lipinski definition) is 7. The second kappa shape index (κ2) is 8.42.